The first-order chi connectivity index (χ1) is 13.2. The topological polar surface area (TPSA) is 65.7 Å². The zero-order valence-electron chi connectivity index (χ0n) is 17.4. The van der Waals surface area contributed by atoms with Gasteiger partial charge in [-0.3, -0.25) is 4.90 Å². The van der Waals surface area contributed by atoms with Crippen molar-refractivity contribution in [3.63, 3.8) is 0 Å². The highest BCUT2D eigenvalue weighted by atomic mass is 127. The number of nitrogens with zero attached hydrogens (tertiary/aromatic N) is 3. The molecule has 2 aromatic rings. The minimum absolute atomic E-state index is 0. The molecule has 1 aromatic heterocycles. The van der Waals surface area contributed by atoms with Gasteiger partial charge in [-0.15, -0.1) is 24.0 Å². The van der Waals surface area contributed by atoms with Crippen molar-refractivity contribution in [2.24, 2.45) is 4.99 Å². The first-order valence-corrected chi connectivity index (χ1v) is 9.97. The molecule has 7 heteroatoms. The fourth-order valence-electron chi connectivity index (χ4n) is 3.09. The molecule has 0 aliphatic heterocycles. The number of hydrogen-bond donors (Lipinski definition) is 2. The van der Waals surface area contributed by atoms with Crippen LogP contribution in [0.15, 0.2) is 45.9 Å². The van der Waals surface area contributed by atoms with Crippen LogP contribution in [0, 0.1) is 0 Å². The third kappa shape index (κ3) is 7.43. The summed E-state index contributed by atoms with van der Waals surface area (Å²) in [6.07, 6.45) is 0.869. The summed E-state index contributed by atoms with van der Waals surface area (Å²) in [5.41, 5.74) is 2.27. The van der Waals surface area contributed by atoms with Gasteiger partial charge in [0.05, 0.1) is 11.7 Å². The summed E-state index contributed by atoms with van der Waals surface area (Å²) in [6.45, 7) is 12.6. The summed E-state index contributed by atoms with van der Waals surface area (Å²) in [6, 6.07) is 12.9. The van der Waals surface area contributed by atoms with E-state index < -0.39 is 0 Å². The lowest BCUT2D eigenvalue weighted by atomic mass is 10.1. The molecule has 0 radical (unpaired) electrons. The van der Waals surface area contributed by atoms with Gasteiger partial charge in [0.2, 0.25) is 0 Å². The average Bonchev–Trinajstić information content (AvgIpc) is 3.18. The predicted molar refractivity (Wildman–Crippen MR) is 126 cm³/mol. The molecule has 0 spiro atoms. The molecule has 2 rings (SSSR count). The zero-order chi connectivity index (χ0) is 19.5. The van der Waals surface area contributed by atoms with Gasteiger partial charge in [-0.25, -0.2) is 4.99 Å². The van der Waals surface area contributed by atoms with Crippen molar-refractivity contribution in [3.05, 3.63) is 53.4 Å². The highest BCUT2D eigenvalue weighted by Crippen LogP contribution is 2.19. The molecule has 0 aliphatic rings. The van der Waals surface area contributed by atoms with Crippen LogP contribution in [0.25, 0.3) is 0 Å². The largest absolute Gasteiger partial charge is 0.359 e. The van der Waals surface area contributed by atoms with E-state index in [0.717, 1.165) is 50.0 Å². The Kier molecular flexibility index (Phi) is 11.8. The molecule has 6 nitrogen and oxygen atoms in total. The fourth-order valence-corrected chi connectivity index (χ4v) is 3.09. The quantitative estimate of drug-likeness (QED) is 0.294. The smallest absolute Gasteiger partial charge is 0.191 e. The summed E-state index contributed by atoms with van der Waals surface area (Å²) in [5.74, 6) is 1.58. The van der Waals surface area contributed by atoms with Crippen LogP contribution in [0.2, 0.25) is 0 Å². The van der Waals surface area contributed by atoms with Crippen LogP contribution in [0.1, 0.15) is 50.8 Å². The van der Waals surface area contributed by atoms with E-state index in [1.165, 1.54) is 5.56 Å². The van der Waals surface area contributed by atoms with E-state index in [9.17, 15) is 0 Å². The first-order valence-electron chi connectivity index (χ1n) is 9.97. The number of aliphatic imine (C=N–C) groups is 1. The van der Waals surface area contributed by atoms with Crippen molar-refractivity contribution in [3.8, 4) is 0 Å². The highest BCUT2D eigenvalue weighted by Gasteiger charge is 2.18. The number of benzene rings is 1. The van der Waals surface area contributed by atoms with Gasteiger partial charge < -0.3 is 15.2 Å². The van der Waals surface area contributed by atoms with Crippen LogP contribution in [-0.4, -0.2) is 42.2 Å². The van der Waals surface area contributed by atoms with E-state index in [1.54, 1.807) is 0 Å². The minimum atomic E-state index is 0. The number of guanidine groups is 1. The van der Waals surface area contributed by atoms with Crippen LogP contribution in [0.5, 0.6) is 0 Å². The summed E-state index contributed by atoms with van der Waals surface area (Å²) in [5, 5.41) is 10.8. The highest BCUT2D eigenvalue weighted by molar-refractivity contribution is 14.0. The minimum Gasteiger partial charge on any atom is -0.359 e. The summed E-state index contributed by atoms with van der Waals surface area (Å²) >= 11 is 0. The Morgan fingerprint density at radius 1 is 1.11 bits per heavy atom. The molecule has 28 heavy (non-hydrogen) atoms. The fraction of sp³-hybridized carbons (Fsp3) is 0.524. The van der Waals surface area contributed by atoms with Crippen LogP contribution in [0.4, 0.5) is 0 Å². The molecular weight excluding hydrogens is 465 g/mol. The van der Waals surface area contributed by atoms with Gasteiger partial charge >= 0.3 is 0 Å². The Morgan fingerprint density at radius 3 is 2.39 bits per heavy atom. The second-order valence-corrected chi connectivity index (χ2v) is 6.36. The SMILES string of the molecule is CCNC(=NCc1cc(CC)no1)NCC(c1ccccc1)N(CC)CC.I. The van der Waals surface area contributed by atoms with Crippen molar-refractivity contribution in [1.29, 1.82) is 0 Å². The van der Waals surface area contributed by atoms with Gasteiger partial charge in [0, 0.05) is 19.2 Å². The standard InChI is InChI=1S/C21H33N5O.HI/c1-5-18-14-19(27-25-18)15-23-21(22-6-2)24-16-20(26(7-3)8-4)17-12-10-9-11-13-17;/h9-14,20H,5-8,15-16H2,1-4H3,(H2,22,23,24);1H. The van der Waals surface area contributed by atoms with Crippen LogP contribution in [0.3, 0.4) is 0 Å². The maximum absolute atomic E-state index is 5.33. The molecule has 0 fully saturated rings. The van der Waals surface area contributed by atoms with E-state index in [-0.39, 0.29) is 24.0 Å². The molecule has 0 saturated heterocycles. The van der Waals surface area contributed by atoms with Crippen molar-refractivity contribution in [2.75, 3.05) is 26.2 Å². The summed E-state index contributed by atoms with van der Waals surface area (Å²) in [7, 11) is 0. The molecule has 1 unspecified atom stereocenters. The number of aromatic nitrogens is 1. The maximum atomic E-state index is 5.33. The molecule has 0 bridgehead atoms. The van der Waals surface area contributed by atoms with Gasteiger partial charge in [0.15, 0.2) is 11.7 Å². The number of halogens is 1. The lowest BCUT2D eigenvalue weighted by Gasteiger charge is -2.30. The number of hydrogen-bond acceptors (Lipinski definition) is 4. The van der Waals surface area contributed by atoms with Crippen LogP contribution in [-0.2, 0) is 13.0 Å². The second kappa shape index (κ2) is 13.5. The Balaban J connectivity index is 0.00000392. The molecule has 1 heterocycles. The number of aryl methyl sites for hydroxylation is 1. The third-order valence-corrected chi connectivity index (χ3v) is 4.61. The van der Waals surface area contributed by atoms with Gasteiger partial charge in [0.1, 0.15) is 6.54 Å². The van der Waals surface area contributed by atoms with Gasteiger partial charge in [0.25, 0.3) is 0 Å². The third-order valence-electron chi connectivity index (χ3n) is 4.61. The number of rotatable bonds is 10. The first kappa shape index (κ1) is 24.4. The van der Waals surface area contributed by atoms with Crippen molar-refractivity contribution >= 4 is 29.9 Å². The van der Waals surface area contributed by atoms with Crippen LogP contribution < -0.4 is 10.6 Å². The van der Waals surface area contributed by atoms with Crippen molar-refractivity contribution in [1.82, 2.24) is 20.7 Å². The predicted octanol–water partition coefficient (Wildman–Crippen LogP) is 3.99. The Morgan fingerprint density at radius 2 is 1.82 bits per heavy atom. The molecule has 1 atom stereocenters. The average molecular weight is 499 g/mol. The van der Waals surface area contributed by atoms with Gasteiger partial charge in [-0.05, 0) is 32.0 Å². The zero-order valence-corrected chi connectivity index (χ0v) is 19.8. The number of likely N-dealkylation sites (N-methyl/N-ethyl adjacent to an activating group) is 1. The van der Waals surface area contributed by atoms with Gasteiger partial charge in [-0.2, -0.15) is 0 Å². The molecule has 2 N–H and O–H groups in total. The second-order valence-electron chi connectivity index (χ2n) is 6.36. The molecular formula is C21H34IN5O. The Hall–Kier alpha value is -1.61. The van der Waals surface area contributed by atoms with Crippen molar-refractivity contribution in [2.45, 2.75) is 46.7 Å². The summed E-state index contributed by atoms with van der Waals surface area (Å²) < 4.78 is 5.33. The lowest BCUT2D eigenvalue weighted by molar-refractivity contribution is 0.219. The van der Waals surface area contributed by atoms with E-state index in [4.69, 9.17) is 4.52 Å². The van der Waals surface area contributed by atoms with E-state index >= 15 is 0 Å². The lowest BCUT2D eigenvalue weighted by Crippen LogP contribution is -2.43. The monoisotopic (exact) mass is 499 g/mol. The Bertz CT molecular complexity index is 685. The maximum Gasteiger partial charge on any atom is 0.191 e. The van der Waals surface area contributed by atoms with E-state index in [2.05, 4.69) is 83.7 Å². The normalized spacial score (nSPS) is 12.5. The molecule has 1 aromatic carbocycles. The molecule has 156 valence electrons. The Labute approximate surface area is 186 Å². The molecule has 0 amide bonds. The van der Waals surface area contributed by atoms with Crippen LogP contribution >= 0.6 is 24.0 Å². The molecule has 0 saturated carbocycles. The van der Waals surface area contributed by atoms with Gasteiger partial charge in [-0.1, -0.05) is 56.3 Å². The molecule has 0 aliphatic carbocycles. The van der Waals surface area contributed by atoms with E-state index in [0.29, 0.717) is 12.6 Å². The summed E-state index contributed by atoms with van der Waals surface area (Å²) in [4.78, 5) is 7.10. The van der Waals surface area contributed by atoms with Crippen molar-refractivity contribution < 1.29 is 4.52 Å². The number of nitrogens with one attached hydrogen (secondary N) is 2. The van der Waals surface area contributed by atoms with E-state index in [1.807, 2.05) is 6.07 Å².